The first-order valence-corrected chi connectivity index (χ1v) is 10.2. The van der Waals surface area contributed by atoms with E-state index in [1.165, 1.54) is 0 Å². The molecule has 0 bridgehead atoms. The van der Waals surface area contributed by atoms with Crippen LogP contribution in [0, 0.1) is 5.92 Å². The Kier molecular flexibility index (Phi) is 6.13. The SMILES string of the molecule is O=C(c1cc2ccccc2[nH]1)N1CCOCC(C(=O)N2CCN(CCO)CC2)C1. The minimum absolute atomic E-state index is 0.0463. The van der Waals surface area contributed by atoms with E-state index >= 15 is 0 Å². The van der Waals surface area contributed by atoms with Crippen LogP contribution in [0.5, 0.6) is 0 Å². The van der Waals surface area contributed by atoms with Crippen molar-refractivity contribution in [2.24, 2.45) is 5.92 Å². The lowest BCUT2D eigenvalue weighted by Crippen LogP contribution is -2.52. The second-order valence-electron chi connectivity index (χ2n) is 7.68. The number of hydrogen-bond acceptors (Lipinski definition) is 5. The molecule has 29 heavy (non-hydrogen) atoms. The second kappa shape index (κ2) is 8.94. The van der Waals surface area contributed by atoms with Crippen LogP contribution in [0.4, 0.5) is 0 Å². The third-order valence-corrected chi connectivity index (χ3v) is 5.76. The smallest absolute Gasteiger partial charge is 0.270 e. The summed E-state index contributed by atoms with van der Waals surface area (Å²) in [6, 6.07) is 9.65. The van der Waals surface area contributed by atoms with E-state index in [4.69, 9.17) is 9.84 Å². The van der Waals surface area contributed by atoms with Crippen LogP contribution in [-0.4, -0.2) is 102 Å². The van der Waals surface area contributed by atoms with Gasteiger partial charge in [0.1, 0.15) is 5.69 Å². The van der Waals surface area contributed by atoms with Gasteiger partial charge in [-0.1, -0.05) is 18.2 Å². The van der Waals surface area contributed by atoms with Crippen molar-refractivity contribution in [2.45, 2.75) is 0 Å². The fourth-order valence-corrected chi connectivity index (χ4v) is 4.09. The highest BCUT2D eigenvalue weighted by molar-refractivity contribution is 5.98. The molecule has 0 saturated carbocycles. The van der Waals surface area contributed by atoms with Gasteiger partial charge in [-0.25, -0.2) is 0 Å². The number of para-hydroxylation sites is 1. The Labute approximate surface area is 170 Å². The van der Waals surface area contributed by atoms with Crippen molar-refractivity contribution >= 4 is 22.7 Å². The summed E-state index contributed by atoms with van der Waals surface area (Å²) in [5.74, 6) is -0.405. The van der Waals surface area contributed by atoms with Gasteiger partial charge in [0.15, 0.2) is 0 Å². The molecule has 1 aromatic heterocycles. The van der Waals surface area contributed by atoms with Gasteiger partial charge in [0, 0.05) is 56.7 Å². The number of ether oxygens (including phenoxy) is 1. The summed E-state index contributed by atoms with van der Waals surface area (Å²) >= 11 is 0. The normalized spacial score (nSPS) is 21.3. The molecular weight excluding hydrogens is 372 g/mol. The first-order chi connectivity index (χ1) is 14.2. The number of carbonyl (C=O) groups is 2. The van der Waals surface area contributed by atoms with E-state index < -0.39 is 0 Å². The highest BCUT2D eigenvalue weighted by atomic mass is 16.5. The number of rotatable bonds is 4. The highest BCUT2D eigenvalue weighted by Crippen LogP contribution is 2.19. The van der Waals surface area contributed by atoms with Gasteiger partial charge in [-0.3, -0.25) is 14.5 Å². The molecule has 2 saturated heterocycles. The Morgan fingerprint density at radius 2 is 1.90 bits per heavy atom. The number of benzene rings is 1. The number of piperazine rings is 1. The quantitative estimate of drug-likeness (QED) is 0.775. The van der Waals surface area contributed by atoms with Crippen LogP contribution in [-0.2, 0) is 9.53 Å². The van der Waals surface area contributed by atoms with Crippen molar-refractivity contribution in [3.05, 3.63) is 36.0 Å². The molecule has 1 atom stereocenters. The van der Waals surface area contributed by atoms with Crippen molar-refractivity contribution in [1.29, 1.82) is 0 Å². The largest absolute Gasteiger partial charge is 0.395 e. The number of carbonyl (C=O) groups excluding carboxylic acids is 2. The summed E-state index contributed by atoms with van der Waals surface area (Å²) in [6.45, 7) is 5.20. The predicted octanol–water partition coefficient (Wildman–Crippen LogP) is 0.393. The third-order valence-electron chi connectivity index (χ3n) is 5.76. The summed E-state index contributed by atoms with van der Waals surface area (Å²) < 4.78 is 5.66. The summed E-state index contributed by atoms with van der Waals surface area (Å²) in [6.07, 6.45) is 0. The molecule has 2 amide bonds. The zero-order valence-electron chi connectivity index (χ0n) is 16.5. The molecule has 3 heterocycles. The molecule has 1 unspecified atom stereocenters. The van der Waals surface area contributed by atoms with Crippen LogP contribution in [0.25, 0.3) is 10.9 Å². The molecule has 8 nitrogen and oxygen atoms in total. The fourth-order valence-electron chi connectivity index (χ4n) is 4.09. The van der Waals surface area contributed by atoms with Gasteiger partial charge in [-0.05, 0) is 12.1 Å². The first-order valence-electron chi connectivity index (χ1n) is 10.2. The average molecular weight is 400 g/mol. The molecular formula is C21H28N4O4. The summed E-state index contributed by atoms with van der Waals surface area (Å²) in [7, 11) is 0. The zero-order valence-corrected chi connectivity index (χ0v) is 16.5. The second-order valence-corrected chi connectivity index (χ2v) is 7.68. The number of fused-ring (bicyclic) bond motifs is 1. The maximum atomic E-state index is 13.1. The molecule has 1 aromatic carbocycles. The van der Waals surface area contributed by atoms with E-state index in [9.17, 15) is 9.59 Å². The highest BCUT2D eigenvalue weighted by Gasteiger charge is 2.32. The first kappa shape index (κ1) is 19.9. The molecule has 0 spiro atoms. The van der Waals surface area contributed by atoms with E-state index in [2.05, 4.69) is 9.88 Å². The van der Waals surface area contributed by atoms with Crippen molar-refractivity contribution < 1.29 is 19.4 Å². The number of aromatic nitrogens is 1. The minimum atomic E-state index is -0.352. The van der Waals surface area contributed by atoms with Crippen molar-refractivity contribution in [3.8, 4) is 0 Å². The number of aliphatic hydroxyl groups is 1. The number of amides is 2. The maximum absolute atomic E-state index is 13.1. The Hall–Kier alpha value is -2.42. The Morgan fingerprint density at radius 1 is 1.10 bits per heavy atom. The number of aliphatic hydroxyl groups excluding tert-OH is 1. The summed E-state index contributed by atoms with van der Waals surface area (Å²) in [5.41, 5.74) is 1.47. The molecule has 8 heteroatoms. The number of β-amino-alcohol motifs (C(OH)–C–C–N with tert-alkyl or cyclic N) is 1. The van der Waals surface area contributed by atoms with Crippen molar-refractivity contribution in [2.75, 3.05) is 65.6 Å². The van der Waals surface area contributed by atoms with Gasteiger partial charge in [0.05, 0.1) is 25.7 Å². The van der Waals surface area contributed by atoms with Crippen molar-refractivity contribution in [3.63, 3.8) is 0 Å². The molecule has 2 aliphatic rings. The summed E-state index contributed by atoms with van der Waals surface area (Å²) in [4.78, 5) is 35.0. The van der Waals surface area contributed by atoms with Crippen LogP contribution in [0.3, 0.4) is 0 Å². The Balaban J connectivity index is 1.42. The lowest BCUT2D eigenvalue weighted by Gasteiger charge is -2.36. The number of nitrogens with zero attached hydrogens (tertiary/aromatic N) is 3. The summed E-state index contributed by atoms with van der Waals surface area (Å²) in [5, 5.41) is 10.1. The van der Waals surface area contributed by atoms with E-state index in [1.54, 1.807) is 4.90 Å². The lowest BCUT2D eigenvalue weighted by molar-refractivity contribution is -0.139. The zero-order chi connectivity index (χ0) is 20.2. The van der Waals surface area contributed by atoms with Crippen LogP contribution in [0.1, 0.15) is 10.5 Å². The number of nitrogens with one attached hydrogen (secondary N) is 1. The number of H-pyrrole nitrogens is 1. The fraction of sp³-hybridized carbons (Fsp3) is 0.524. The average Bonchev–Trinajstić information content (AvgIpc) is 3.03. The topological polar surface area (TPSA) is 89.1 Å². The van der Waals surface area contributed by atoms with Crippen LogP contribution >= 0.6 is 0 Å². The van der Waals surface area contributed by atoms with Gasteiger partial charge >= 0.3 is 0 Å². The standard InChI is InChI=1S/C21H28N4O4/c26-11-9-23-5-7-24(8-6-23)20(27)17-14-25(10-12-29-15-17)21(28)19-13-16-3-1-2-4-18(16)22-19/h1-4,13,17,22,26H,5-12,14-15H2. The molecule has 0 aliphatic carbocycles. The molecule has 2 N–H and O–H groups in total. The number of hydrogen-bond donors (Lipinski definition) is 2. The van der Waals surface area contributed by atoms with Crippen LogP contribution in [0.2, 0.25) is 0 Å². The minimum Gasteiger partial charge on any atom is -0.395 e. The van der Waals surface area contributed by atoms with Gasteiger partial charge in [-0.2, -0.15) is 0 Å². The molecule has 4 rings (SSSR count). The molecule has 2 aromatic rings. The van der Waals surface area contributed by atoms with E-state index in [1.807, 2.05) is 35.2 Å². The number of aromatic amines is 1. The lowest BCUT2D eigenvalue weighted by atomic mass is 10.1. The molecule has 2 fully saturated rings. The van der Waals surface area contributed by atoms with Gasteiger partial charge in [-0.15, -0.1) is 0 Å². The van der Waals surface area contributed by atoms with E-state index in [0.29, 0.717) is 51.6 Å². The maximum Gasteiger partial charge on any atom is 0.270 e. The monoisotopic (exact) mass is 400 g/mol. The van der Waals surface area contributed by atoms with E-state index in [0.717, 1.165) is 24.0 Å². The Bertz CT molecular complexity index is 826. The van der Waals surface area contributed by atoms with Crippen molar-refractivity contribution in [1.82, 2.24) is 19.7 Å². The van der Waals surface area contributed by atoms with Gasteiger partial charge in [0.25, 0.3) is 5.91 Å². The Morgan fingerprint density at radius 3 is 2.66 bits per heavy atom. The third kappa shape index (κ3) is 4.44. The van der Waals surface area contributed by atoms with Gasteiger partial charge < -0.3 is 24.6 Å². The van der Waals surface area contributed by atoms with Crippen LogP contribution in [0.15, 0.2) is 30.3 Å². The van der Waals surface area contributed by atoms with Crippen LogP contribution < -0.4 is 0 Å². The molecule has 156 valence electrons. The van der Waals surface area contributed by atoms with E-state index in [-0.39, 0.29) is 24.3 Å². The molecule has 0 radical (unpaired) electrons. The predicted molar refractivity (Wildman–Crippen MR) is 109 cm³/mol. The van der Waals surface area contributed by atoms with Gasteiger partial charge in [0.2, 0.25) is 5.91 Å². The molecule has 2 aliphatic heterocycles.